The van der Waals surface area contributed by atoms with Gasteiger partial charge in [-0.2, -0.15) is 0 Å². The first-order chi connectivity index (χ1) is 25.3. The molecule has 3 atom stereocenters. The molecule has 0 aliphatic carbocycles. The first kappa shape index (κ1) is 41.4. The van der Waals surface area contributed by atoms with Crippen molar-refractivity contribution >= 4 is 40.7 Å². The second kappa shape index (κ2) is 20.8. The number of aromatic nitrogens is 2. The van der Waals surface area contributed by atoms with E-state index in [4.69, 9.17) is 9.47 Å². The molecule has 286 valence electrons. The van der Waals surface area contributed by atoms with Crippen LogP contribution in [0, 0.1) is 0 Å². The average Bonchev–Trinajstić information content (AvgIpc) is 3.83. The van der Waals surface area contributed by atoms with Crippen LogP contribution in [0.15, 0.2) is 77.8 Å². The first-order valence-electron chi connectivity index (χ1n) is 18.1. The van der Waals surface area contributed by atoms with Crippen LogP contribution < -0.4 is 16.0 Å². The molecule has 53 heavy (non-hydrogen) atoms. The SMILES string of the molecule is CC(C)c1nc(CN(C)C(=O)N[C@@H](COC(C)(C)C)C(=O)N[C@H](CCc2ccccc2)CC[C@@H](Cc2ccccc2)NC(=O)OCc2cncs2)cs1. The maximum atomic E-state index is 14.1. The maximum absolute atomic E-state index is 14.1. The van der Waals surface area contributed by atoms with Crippen molar-refractivity contribution in [2.75, 3.05) is 13.7 Å². The number of rotatable bonds is 19. The lowest BCUT2D eigenvalue weighted by atomic mass is 9.96. The minimum Gasteiger partial charge on any atom is -0.444 e. The van der Waals surface area contributed by atoms with Crippen molar-refractivity contribution < 1.29 is 23.9 Å². The minimum atomic E-state index is -0.940. The van der Waals surface area contributed by atoms with Gasteiger partial charge in [0, 0.05) is 36.6 Å². The summed E-state index contributed by atoms with van der Waals surface area (Å²) in [4.78, 5) is 51.5. The highest BCUT2D eigenvalue weighted by atomic mass is 32.1. The van der Waals surface area contributed by atoms with Crippen LogP contribution >= 0.6 is 22.7 Å². The molecular formula is C40H54N6O5S2. The Balaban J connectivity index is 1.47. The molecule has 3 N–H and O–H groups in total. The largest absolute Gasteiger partial charge is 0.444 e. The summed E-state index contributed by atoms with van der Waals surface area (Å²) in [7, 11) is 1.69. The number of benzene rings is 2. The molecule has 2 aromatic carbocycles. The van der Waals surface area contributed by atoms with Gasteiger partial charge in [0.25, 0.3) is 0 Å². The molecule has 0 aliphatic heterocycles. The fourth-order valence-corrected chi connectivity index (χ4v) is 6.84. The standard InChI is InChI=1S/C40H54N6O5S2/c1-28(2)37-43-33(26-52-37)23-46(6)38(48)45-35(25-51-40(3,4)5)36(47)42-31(18-17-29-13-9-7-10-14-29)19-20-32(21-30-15-11-8-12-16-30)44-39(49)50-24-34-22-41-27-53-34/h7-16,22,26-28,31-32,35H,17-21,23-25H2,1-6H3,(H,42,47)(H,44,49)(H,45,48)/t31-,32+,35+/m1/s1. The lowest BCUT2D eigenvalue weighted by Crippen LogP contribution is -2.55. The molecule has 0 aliphatic rings. The quantitative estimate of drug-likeness (QED) is 0.0902. The maximum Gasteiger partial charge on any atom is 0.407 e. The van der Waals surface area contributed by atoms with Crippen molar-refractivity contribution in [1.29, 1.82) is 0 Å². The van der Waals surface area contributed by atoms with Gasteiger partial charge in [-0.05, 0) is 64.0 Å². The summed E-state index contributed by atoms with van der Waals surface area (Å²) in [6.07, 6.45) is 4.33. The van der Waals surface area contributed by atoms with Gasteiger partial charge in [-0.1, -0.05) is 74.5 Å². The third-order valence-electron chi connectivity index (χ3n) is 8.42. The van der Waals surface area contributed by atoms with E-state index in [2.05, 4.69) is 51.9 Å². The number of nitrogens with zero attached hydrogens (tertiary/aromatic N) is 3. The topological polar surface area (TPSA) is 135 Å². The molecule has 0 radical (unpaired) electrons. The van der Waals surface area contributed by atoms with Gasteiger partial charge in [0.2, 0.25) is 5.91 Å². The molecule has 0 spiro atoms. The normalized spacial score (nSPS) is 13.2. The van der Waals surface area contributed by atoms with Crippen molar-refractivity contribution in [3.8, 4) is 0 Å². The summed E-state index contributed by atoms with van der Waals surface area (Å²) in [5, 5.41) is 12.2. The number of ether oxygens (including phenoxy) is 2. The molecule has 4 amide bonds. The zero-order valence-electron chi connectivity index (χ0n) is 31.7. The summed E-state index contributed by atoms with van der Waals surface area (Å²) >= 11 is 3.00. The third kappa shape index (κ3) is 15.3. The molecule has 0 fully saturated rings. The second-order valence-electron chi connectivity index (χ2n) is 14.5. The van der Waals surface area contributed by atoms with E-state index in [0.29, 0.717) is 38.1 Å². The van der Waals surface area contributed by atoms with Crippen LogP contribution in [0.3, 0.4) is 0 Å². The molecule has 0 saturated carbocycles. The number of urea groups is 1. The molecule has 0 saturated heterocycles. The number of thiazole rings is 2. The zero-order chi connectivity index (χ0) is 38.2. The monoisotopic (exact) mass is 762 g/mol. The number of nitrogens with one attached hydrogen (secondary N) is 3. The summed E-state index contributed by atoms with van der Waals surface area (Å²) < 4.78 is 11.6. The van der Waals surface area contributed by atoms with Crippen molar-refractivity contribution in [3.05, 3.63) is 104 Å². The van der Waals surface area contributed by atoms with Gasteiger partial charge in [0.05, 0.1) is 39.8 Å². The summed E-state index contributed by atoms with van der Waals surface area (Å²) in [6.45, 7) is 10.4. The van der Waals surface area contributed by atoms with Gasteiger partial charge in [-0.3, -0.25) is 9.78 Å². The van der Waals surface area contributed by atoms with Gasteiger partial charge < -0.3 is 30.3 Å². The Morgan fingerprint density at radius 2 is 1.55 bits per heavy atom. The van der Waals surface area contributed by atoms with Gasteiger partial charge in [-0.15, -0.1) is 22.7 Å². The summed E-state index contributed by atoms with van der Waals surface area (Å²) in [5.41, 5.74) is 4.21. The molecule has 4 rings (SSSR count). The number of carbonyl (C=O) groups is 3. The van der Waals surface area contributed by atoms with Crippen LogP contribution in [0.25, 0.3) is 0 Å². The highest BCUT2D eigenvalue weighted by molar-refractivity contribution is 7.09. The van der Waals surface area contributed by atoms with Crippen LogP contribution in [0.4, 0.5) is 9.59 Å². The van der Waals surface area contributed by atoms with Crippen molar-refractivity contribution in [2.45, 2.75) is 110 Å². The predicted octanol–water partition coefficient (Wildman–Crippen LogP) is 7.48. The molecular weight excluding hydrogens is 709 g/mol. The first-order valence-corrected chi connectivity index (χ1v) is 19.9. The molecule has 0 bridgehead atoms. The Labute approximate surface area is 321 Å². The van der Waals surface area contributed by atoms with E-state index in [1.54, 1.807) is 30.1 Å². The number of hydrogen-bond donors (Lipinski definition) is 3. The van der Waals surface area contributed by atoms with E-state index in [-0.39, 0.29) is 31.2 Å². The van der Waals surface area contributed by atoms with E-state index in [9.17, 15) is 14.4 Å². The number of amides is 4. The van der Waals surface area contributed by atoms with E-state index in [0.717, 1.165) is 33.1 Å². The van der Waals surface area contributed by atoms with Gasteiger partial charge in [0.1, 0.15) is 12.6 Å². The fraction of sp³-hybridized carbons (Fsp3) is 0.475. The average molecular weight is 763 g/mol. The molecule has 0 unspecified atom stereocenters. The van der Waals surface area contributed by atoms with E-state index < -0.39 is 23.8 Å². The van der Waals surface area contributed by atoms with Crippen molar-refractivity contribution in [3.63, 3.8) is 0 Å². The Hall–Kier alpha value is -4.33. The van der Waals surface area contributed by atoms with Crippen LogP contribution in [0.2, 0.25) is 0 Å². The Morgan fingerprint density at radius 1 is 0.868 bits per heavy atom. The smallest absolute Gasteiger partial charge is 0.407 e. The fourth-order valence-electron chi connectivity index (χ4n) is 5.51. The predicted molar refractivity (Wildman–Crippen MR) is 211 cm³/mol. The summed E-state index contributed by atoms with van der Waals surface area (Å²) in [6, 6.07) is 18.2. The number of aryl methyl sites for hydroxylation is 1. The molecule has 4 aromatic rings. The van der Waals surface area contributed by atoms with E-state index in [1.165, 1.54) is 16.2 Å². The molecule has 11 nitrogen and oxygen atoms in total. The minimum absolute atomic E-state index is 0.00168. The van der Waals surface area contributed by atoms with Crippen LogP contribution in [-0.4, -0.2) is 70.3 Å². The molecule has 13 heteroatoms. The van der Waals surface area contributed by atoms with Gasteiger partial charge in [0.15, 0.2) is 0 Å². The Morgan fingerprint density at radius 3 is 2.17 bits per heavy atom. The number of alkyl carbamates (subject to hydrolysis) is 1. The molecule has 2 aromatic heterocycles. The second-order valence-corrected chi connectivity index (χ2v) is 16.4. The zero-order valence-corrected chi connectivity index (χ0v) is 33.3. The Kier molecular flexibility index (Phi) is 16.2. The van der Waals surface area contributed by atoms with Crippen molar-refractivity contribution in [2.24, 2.45) is 0 Å². The van der Waals surface area contributed by atoms with E-state index in [1.807, 2.05) is 74.7 Å². The highest BCUT2D eigenvalue weighted by Gasteiger charge is 2.28. The van der Waals surface area contributed by atoms with Crippen LogP contribution in [-0.2, 0) is 40.3 Å². The lowest BCUT2D eigenvalue weighted by molar-refractivity contribution is -0.126. The van der Waals surface area contributed by atoms with Gasteiger partial charge in [-0.25, -0.2) is 14.6 Å². The number of hydrogen-bond acceptors (Lipinski definition) is 9. The molecule has 2 heterocycles. The summed E-state index contributed by atoms with van der Waals surface area (Å²) in [5.74, 6) is -0.0286. The lowest BCUT2D eigenvalue weighted by Gasteiger charge is -2.29. The van der Waals surface area contributed by atoms with Gasteiger partial charge >= 0.3 is 12.1 Å². The highest BCUT2D eigenvalue weighted by Crippen LogP contribution is 2.20. The van der Waals surface area contributed by atoms with Crippen molar-refractivity contribution in [1.82, 2.24) is 30.8 Å². The number of carbonyl (C=O) groups excluding carboxylic acids is 3. The van der Waals surface area contributed by atoms with Crippen LogP contribution in [0.1, 0.15) is 86.5 Å². The van der Waals surface area contributed by atoms with Crippen LogP contribution in [0.5, 0.6) is 0 Å². The Bertz CT molecular complexity index is 1680. The van der Waals surface area contributed by atoms with E-state index >= 15 is 0 Å². The third-order valence-corrected chi connectivity index (χ3v) is 10.4.